The summed E-state index contributed by atoms with van der Waals surface area (Å²) in [5, 5.41) is 4.68. The van der Waals surface area contributed by atoms with Crippen molar-refractivity contribution >= 4 is 17.6 Å². The molecule has 0 spiro atoms. The zero-order chi connectivity index (χ0) is 16.6. The summed E-state index contributed by atoms with van der Waals surface area (Å²) in [6, 6.07) is 6.54. The molecule has 0 bridgehead atoms. The average Bonchev–Trinajstić information content (AvgIpc) is 3.19. The molecule has 23 heavy (non-hydrogen) atoms. The Balaban J connectivity index is 1.54. The van der Waals surface area contributed by atoms with Crippen LogP contribution in [0.4, 0.5) is 4.39 Å². The second kappa shape index (κ2) is 6.32. The SMILES string of the molecule is Cc1cc(C)n(CCOC(=O)[C@H]2C[C@H]2c2c(F)cccc2Cl)n1. The third-order valence-corrected chi connectivity index (χ3v) is 4.44. The Morgan fingerprint density at radius 2 is 2.26 bits per heavy atom. The van der Waals surface area contributed by atoms with Crippen molar-refractivity contribution in [1.82, 2.24) is 9.78 Å². The van der Waals surface area contributed by atoms with E-state index in [1.807, 2.05) is 19.9 Å². The maximum absolute atomic E-state index is 13.8. The Hall–Kier alpha value is -1.88. The van der Waals surface area contributed by atoms with Gasteiger partial charge in [0.2, 0.25) is 0 Å². The highest BCUT2D eigenvalue weighted by Crippen LogP contribution is 2.51. The van der Waals surface area contributed by atoms with Crippen LogP contribution in [0, 0.1) is 25.6 Å². The van der Waals surface area contributed by atoms with E-state index in [1.54, 1.807) is 16.8 Å². The predicted octanol–water partition coefficient (Wildman–Crippen LogP) is 3.64. The molecule has 122 valence electrons. The fraction of sp³-hybridized carbons (Fsp3) is 0.412. The van der Waals surface area contributed by atoms with Crippen LogP contribution in [-0.4, -0.2) is 22.4 Å². The van der Waals surface area contributed by atoms with E-state index in [4.69, 9.17) is 16.3 Å². The molecular formula is C17H18ClFN2O2. The minimum absolute atomic E-state index is 0.176. The standard InChI is InChI=1S/C17H18ClFN2O2/c1-10-8-11(2)21(20-10)6-7-23-17(22)13-9-12(13)16-14(18)4-3-5-15(16)19/h3-5,8,12-13H,6-7,9H2,1-2H3/t12-,13+/m1/s1. The number of carbonyl (C=O) groups is 1. The number of ether oxygens (including phenoxy) is 1. The van der Waals surface area contributed by atoms with Crippen LogP contribution in [0.25, 0.3) is 0 Å². The van der Waals surface area contributed by atoms with Crippen molar-refractivity contribution in [2.24, 2.45) is 5.92 Å². The van der Waals surface area contributed by atoms with E-state index in [2.05, 4.69) is 5.10 Å². The highest BCUT2D eigenvalue weighted by atomic mass is 35.5. The van der Waals surface area contributed by atoms with Crippen LogP contribution in [0.2, 0.25) is 5.02 Å². The van der Waals surface area contributed by atoms with Crippen molar-refractivity contribution in [2.45, 2.75) is 32.7 Å². The van der Waals surface area contributed by atoms with Gasteiger partial charge in [0.1, 0.15) is 12.4 Å². The molecule has 0 radical (unpaired) electrons. The van der Waals surface area contributed by atoms with E-state index >= 15 is 0 Å². The lowest BCUT2D eigenvalue weighted by atomic mass is 10.1. The van der Waals surface area contributed by atoms with Crippen LogP contribution in [0.3, 0.4) is 0 Å². The Labute approximate surface area is 139 Å². The molecular weight excluding hydrogens is 319 g/mol. The lowest BCUT2D eigenvalue weighted by Crippen LogP contribution is -2.15. The van der Waals surface area contributed by atoms with Gasteiger partial charge in [0.05, 0.1) is 18.2 Å². The maximum Gasteiger partial charge on any atom is 0.309 e. The Morgan fingerprint density at radius 3 is 2.91 bits per heavy atom. The summed E-state index contributed by atoms with van der Waals surface area (Å²) < 4.78 is 21.0. The van der Waals surface area contributed by atoms with Gasteiger partial charge in [-0.1, -0.05) is 17.7 Å². The first kappa shape index (κ1) is 16.0. The molecule has 2 aromatic rings. The van der Waals surface area contributed by atoms with E-state index in [-0.39, 0.29) is 30.2 Å². The largest absolute Gasteiger partial charge is 0.463 e. The minimum Gasteiger partial charge on any atom is -0.463 e. The molecule has 2 atom stereocenters. The third kappa shape index (κ3) is 3.39. The second-order valence-corrected chi connectivity index (χ2v) is 6.31. The highest BCUT2D eigenvalue weighted by Gasteiger charge is 2.47. The zero-order valence-electron chi connectivity index (χ0n) is 13.1. The van der Waals surface area contributed by atoms with E-state index in [0.717, 1.165) is 11.4 Å². The number of hydrogen-bond donors (Lipinski definition) is 0. The lowest BCUT2D eigenvalue weighted by molar-refractivity contribution is -0.145. The summed E-state index contributed by atoms with van der Waals surface area (Å²) >= 11 is 6.03. The van der Waals surface area contributed by atoms with Gasteiger partial charge in [-0.2, -0.15) is 5.10 Å². The molecule has 1 aromatic carbocycles. The van der Waals surface area contributed by atoms with Gasteiger partial charge in [0, 0.05) is 22.2 Å². The van der Waals surface area contributed by atoms with Gasteiger partial charge in [-0.15, -0.1) is 0 Å². The summed E-state index contributed by atoms with van der Waals surface area (Å²) in [6.07, 6.45) is 0.583. The Morgan fingerprint density at radius 1 is 1.48 bits per heavy atom. The van der Waals surface area contributed by atoms with Crippen LogP contribution < -0.4 is 0 Å². The van der Waals surface area contributed by atoms with Crippen molar-refractivity contribution in [3.8, 4) is 0 Å². The molecule has 1 heterocycles. The van der Waals surface area contributed by atoms with Gasteiger partial charge >= 0.3 is 5.97 Å². The van der Waals surface area contributed by atoms with E-state index in [1.165, 1.54) is 6.07 Å². The number of nitrogens with zero attached hydrogens (tertiary/aromatic N) is 2. The van der Waals surface area contributed by atoms with Gasteiger partial charge < -0.3 is 4.74 Å². The van der Waals surface area contributed by atoms with Gasteiger partial charge in [-0.25, -0.2) is 4.39 Å². The van der Waals surface area contributed by atoms with E-state index in [0.29, 0.717) is 23.6 Å². The van der Waals surface area contributed by atoms with Crippen LogP contribution >= 0.6 is 11.6 Å². The monoisotopic (exact) mass is 336 g/mol. The average molecular weight is 337 g/mol. The van der Waals surface area contributed by atoms with Crippen LogP contribution in [0.15, 0.2) is 24.3 Å². The summed E-state index contributed by atoms with van der Waals surface area (Å²) in [4.78, 5) is 12.1. The molecule has 3 rings (SSSR count). The summed E-state index contributed by atoms with van der Waals surface area (Å²) in [6.45, 7) is 4.65. The number of hydrogen-bond acceptors (Lipinski definition) is 3. The number of rotatable bonds is 5. The Kier molecular flexibility index (Phi) is 4.39. The molecule has 0 unspecified atom stereocenters. The number of esters is 1. The zero-order valence-corrected chi connectivity index (χ0v) is 13.8. The molecule has 0 saturated heterocycles. The minimum atomic E-state index is -0.361. The molecule has 4 nitrogen and oxygen atoms in total. The van der Waals surface area contributed by atoms with Gasteiger partial charge in [0.25, 0.3) is 0 Å². The van der Waals surface area contributed by atoms with Crippen molar-refractivity contribution in [2.75, 3.05) is 6.61 Å². The molecule has 1 aromatic heterocycles. The number of halogens is 2. The molecule has 0 amide bonds. The number of benzene rings is 1. The Bertz CT molecular complexity index is 724. The van der Waals surface area contributed by atoms with Crippen LogP contribution in [0.1, 0.15) is 29.3 Å². The predicted molar refractivity (Wildman–Crippen MR) is 84.9 cm³/mol. The topological polar surface area (TPSA) is 44.1 Å². The molecule has 1 saturated carbocycles. The maximum atomic E-state index is 13.8. The van der Waals surface area contributed by atoms with Crippen LogP contribution in [0.5, 0.6) is 0 Å². The first-order chi connectivity index (χ1) is 11.0. The lowest BCUT2D eigenvalue weighted by Gasteiger charge is -2.07. The van der Waals surface area contributed by atoms with Crippen molar-refractivity contribution < 1.29 is 13.9 Å². The molecule has 1 fully saturated rings. The third-order valence-electron chi connectivity index (χ3n) is 4.11. The fourth-order valence-corrected chi connectivity index (χ4v) is 3.18. The summed E-state index contributed by atoms with van der Waals surface area (Å²) in [5.41, 5.74) is 2.39. The van der Waals surface area contributed by atoms with E-state index in [9.17, 15) is 9.18 Å². The molecule has 0 N–H and O–H groups in total. The molecule has 1 aliphatic carbocycles. The number of aryl methyl sites for hydroxylation is 2. The van der Waals surface area contributed by atoms with E-state index < -0.39 is 0 Å². The van der Waals surface area contributed by atoms with Gasteiger partial charge in [-0.05, 0) is 38.5 Å². The van der Waals surface area contributed by atoms with Crippen molar-refractivity contribution in [3.05, 3.63) is 52.1 Å². The normalized spacial score (nSPS) is 19.7. The summed E-state index contributed by atoms with van der Waals surface area (Å²) in [7, 11) is 0. The van der Waals surface area contributed by atoms with Crippen LogP contribution in [-0.2, 0) is 16.1 Å². The fourth-order valence-electron chi connectivity index (χ4n) is 2.88. The van der Waals surface area contributed by atoms with Crippen molar-refractivity contribution in [1.29, 1.82) is 0 Å². The molecule has 0 aliphatic heterocycles. The first-order valence-corrected chi connectivity index (χ1v) is 7.96. The number of carbonyl (C=O) groups excluding carboxylic acids is 1. The second-order valence-electron chi connectivity index (χ2n) is 5.90. The number of aromatic nitrogens is 2. The van der Waals surface area contributed by atoms with Gasteiger partial charge in [-0.3, -0.25) is 9.48 Å². The smallest absolute Gasteiger partial charge is 0.309 e. The van der Waals surface area contributed by atoms with Gasteiger partial charge in [0.15, 0.2) is 0 Å². The summed E-state index contributed by atoms with van der Waals surface area (Å²) in [5.74, 6) is -1.13. The highest BCUT2D eigenvalue weighted by molar-refractivity contribution is 6.31. The molecule has 1 aliphatic rings. The first-order valence-electron chi connectivity index (χ1n) is 7.59. The molecule has 6 heteroatoms. The van der Waals surface area contributed by atoms with Crippen molar-refractivity contribution in [3.63, 3.8) is 0 Å². The quantitative estimate of drug-likeness (QED) is 0.783.